The van der Waals surface area contributed by atoms with Gasteiger partial charge >= 0.3 is 0 Å². The number of nitrogens with zero attached hydrogens (tertiary/aromatic N) is 2. The highest BCUT2D eigenvalue weighted by atomic mass is 15.1. The monoisotopic (exact) mass is 229 g/mol. The molecule has 1 aromatic carbocycles. The van der Waals surface area contributed by atoms with Crippen molar-refractivity contribution >= 4 is 5.69 Å². The number of hydrogen-bond donors (Lipinski definition) is 1. The highest BCUT2D eigenvalue weighted by Gasteiger charge is 2.07. The first-order chi connectivity index (χ1) is 8.20. The summed E-state index contributed by atoms with van der Waals surface area (Å²) in [6.45, 7) is 5.26. The fraction of sp³-hybridized carbons (Fsp3) is 0.357. The summed E-state index contributed by atoms with van der Waals surface area (Å²) < 4.78 is 2.23. The fourth-order valence-electron chi connectivity index (χ4n) is 1.91. The third kappa shape index (κ3) is 2.67. The molecule has 3 heteroatoms. The normalized spacial score (nSPS) is 10.7. The SMILES string of the molecule is CCCCn1cc(C)nc1-c1ccc(N)cc1. The molecule has 0 fully saturated rings. The molecule has 2 aromatic rings. The van der Waals surface area contributed by atoms with Gasteiger partial charge in [-0.2, -0.15) is 0 Å². The highest BCUT2D eigenvalue weighted by Crippen LogP contribution is 2.20. The van der Waals surface area contributed by atoms with E-state index < -0.39 is 0 Å². The van der Waals surface area contributed by atoms with Crippen molar-refractivity contribution < 1.29 is 0 Å². The van der Waals surface area contributed by atoms with E-state index in [1.807, 2.05) is 31.2 Å². The second kappa shape index (κ2) is 5.04. The Kier molecular flexibility index (Phi) is 3.47. The van der Waals surface area contributed by atoms with Gasteiger partial charge < -0.3 is 10.3 Å². The second-order valence-corrected chi connectivity index (χ2v) is 4.37. The number of benzene rings is 1. The molecule has 0 saturated carbocycles. The van der Waals surface area contributed by atoms with Crippen LogP contribution >= 0.6 is 0 Å². The van der Waals surface area contributed by atoms with E-state index in [0.717, 1.165) is 29.3 Å². The van der Waals surface area contributed by atoms with Gasteiger partial charge in [0, 0.05) is 24.0 Å². The smallest absolute Gasteiger partial charge is 0.140 e. The first-order valence-electron chi connectivity index (χ1n) is 6.10. The summed E-state index contributed by atoms with van der Waals surface area (Å²) in [6, 6.07) is 7.89. The molecule has 0 bridgehead atoms. The maximum atomic E-state index is 5.70. The Balaban J connectivity index is 2.33. The van der Waals surface area contributed by atoms with Gasteiger partial charge in [-0.1, -0.05) is 13.3 Å². The van der Waals surface area contributed by atoms with Gasteiger partial charge in [0.1, 0.15) is 5.82 Å². The van der Waals surface area contributed by atoms with Crippen molar-refractivity contribution in [3.8, 4) is 11.4 Å². The van der Waals surface area contributed by atoms with Crippen LogP contribution in [0.1, 0.15) is 25.5 Å². The van der Waals surface area contributed by atoms with Crippen LogP contribution in [0.2, 0.25) is 0 Å². The molecule has 17 heavy (non-hydrogen) atoms. The summed E-state index contributed by atoms with van der Waals surface area (Å²) in [4.78, 5) is 4.59. The number of anilines is 1. The maximum Gasteiger partial charge on any atom is 0.140 e. The average molecular weight is 229 g/mol. The lowest BCUT2D eigenvalue weighted by molar-refractivity contribution is 0.636. The molecule has 1 heterocycles. The number of unbranched alkanes of at least 4 members (excludes halogenated alkanes) is 1. The standard InChI is InChI=1S/C14H19N3/c1-3-4-9-17-10-11(2)16-14(17)12-5-7-13(15)8-6-12/h5-8,10H,3-4,9,15H2,1-2H3. The van der Waals surface area contributed by atoms with Crippen molar-refractivity contribution in [3.05, 3.63) is 36.2 Å². The minimum atomic E-state index is 0.789. The van der Waals surface area contributed by atoms with Gasteiger partial charge in [0.05, 0.1) is 5.69 Å². The minimum Gasteiger partial charge on any atom is -0.399 e. The molecule has 3 nitrogen and oxygen atoms in total. The molecule has 0 amide bonds. The largest absolute Gasteiger partial charge is 0.399 e. The van der Waals surface area contributed by atoms with Crippen LogP contribution in [0.4, 0.5) is 5.69 Å². The lowest BCUT2D eigenvalue weighted by atomic mass is 10.2. The highest BCUT2D eigenvalue weighted by molar-refractivity contribution is 5.59. The lowest BCUT2D eigenvalue weighted by Crippen LogP contribution is -1.99. The number of aryl methyl sites for hydroxylation is 2. The lowest BCUT2D eigenvalue weighted by Gasteiger charge is -2.07. The topological polar surface area (TPSA) is 43.8 Å². The van der Waals surface area contributed by atoms with Gasteiger partial charge in [0.2, 0.25) is 0 Å². The number of nitrogen functional groups attached to an aromatic ring is 1. The molecule has 0 atom stereocenters. The third-order valence-corrected chi connectivity index (χ3v) is 2.82. The van der Waals surface area contributed by atoms with Gasteiger partial charge in [0.15, 0.2) is 0 Å². The van der Waals surface area contributed by atoms with Crippen LogP contribution in [-0.2, 0) is 6.54 Å². The van der Waals surface area contributed by atoms with Crippen LogP contribution in [0.25, 0.3) is 11.4 Å². The van der Waals surface area contributed by atoms with Crippen LogP contribution in [0, 0.1) is 6.92 Å². The van der Waals surface area contributed by atoms with Crippen molar-refractivity contribution in [1.29, 1.82) is 0 Å². The number of nitrogens with two attached hydrogens (primary N) is 1. The predicted octanol–water partition coefficient (Wildman–Crippen LogP) is 3.24. The Morgan fingerprint density at radius 3 is 2.59 bits per heavy atom. The van der Waals surface area contributed by atoms with E-state index in [1.54, 1.807) is 0 Å². The van der Waals surface area contributed by atoms with Crippen LogP contribution in [0.3, 0.4) is 0 Å². The molecule has 90 valence electrons. The number of rotatable bonds is 4. The Hall–Kier alpha value is -1.77. The Morgan fingerprint density at radius 2 is 1.94 bits per heavy atom. The van der Waals surface area contributed by atoms with Crippen LogP contribution < -0.4 is 5.73 Å². The third-order valence-electron chi connectivity index (χ3n) is 2.82. The first-order valence-corrected chi connectivity index (χ1v) is 6.10. The number of hydrogen-bond acceptors (Lipinski definition) is 2. The summed E-state index contributed by atoms with van der Waals surface area (Å²) in [7, 11) is 0. The van der Waals surface area contributed by atoms with Crippen LogP contribution in [0.15, 0.2) is 30.5 Å². The quantitative estimate of drug-likeness (QED) is 0.818. The molecule has 0 aliphatic heterocycles. The molecule has 0 radical (unpaired) electrons. The Labute approximate surface area is 102 Å². The summed E-state index contributed by atoms with van der Waals surface area (Å²) in [5.74, 6) is 1.04. The first kappa shape index (κ1) is 11.7. The number of aromatic nitrogens is 2. The van der Waals surface area contributed by atoms with E-state index in [-0.39, 0.29) is 0 Å². The predicted molar refractivity (Wildman–Crippen MR) is 71.7 cm³/mol. The van der Waals surface area contributed by atoms with Crippen LogP contribution in [-0.4, -0.2) is 9.55 Å². The summed E-state index contributed by atoms with van der Waals surface area (Å²) in [6.07, 6.45) is 4.48. The van der Waals surface area contributed by atoms with Crippen molar-refractivity contribution in [3.63, 3.8) is 0 Å². The zero-order valence-electron chi connectivity index (χ0n) is 10.5. The van der Waals surface area contributed by atoms with Crippen molar-refractivity contribution in [2.45, 2.75) is 33.2 Å². The van der Waals surface area contributed by atoms with Crippen molar-refractivity contribution in [1.82, 2.24) is 9.55 Å². The van der Waals surface area contributed by atoms with E-state index in [4.69, 9.17) is 5.73 Å². The molecular weight excluding hydrogens is 210 g/mol. The van der Waals surface area contributed by atoms with E-state index in [0.29, 0.717) is 0 Å². The Bertz CT molecular complexity index is 483. The molecule has 0 aliphatic carbocycles. The van der Waals surface area contributed by atoms with Crippen LogP contribution in [0.5, 0.6) is 0 Å². The average Bonchev–Trinajstić information content (AvgIpc) is 2.69. The van der Waals surface area contributed by atoms with E-state index >= 15 is 0 Å². The van der Waals surface area contributed by atoms with Gasteiger partial charge in [-0.25, -0.2) is 4.98 Å². The molecule has 0 unspecified atom stereocenters. The second-order valence-electron chi connectivity index (χ2n) is 4.37. The van der Waals surface area contributed by atoms with E-state index in [1.165, 1.54) is 12.8 Å². The fourth-order valence-corrected chi connectivity index (χ4v) is 1.91. The van der Waals surface area contributed by atoms with Gasteiger partial charge in [-0.3, -0.25) is 0 Å². The van der Waals surface area contributed by atoms with Crippen molar-refractivity contribution in [2.24, 2.45) is 0 Å². The van der Waals surface area contributed by atoms with Gasteiger partial charge in [0.25, 0.3) is 0 Å². The molecule has 2 rings (SSSR count). The molecule has 0 spiro atoms. The number of imidazole rings is 1. The Morgan fingerprint density at radius 1 is 1.24 bits per heavy atom. The van der Waals surface area contributed by atoms with Gasteiger partial charge in [-0.15, -0.1) is 0 Å². The molecule has 0 saturated heterocycles. The van der Waals surface area contributed by atoms with Gasteiger partial charge in [-0.05, 0) is 37.6 Å². The molecule has 1 aromatic heterocycles. The van der Waals surface area contributed by atoms with Crippen molar-refractivity contribution in [2.75, 3.05) is 5.73 Å². The summed E-state index contributed by atoms with van der Waals surface area (Å²) >= 11 is 0. The zero-order chi connectivity index (χ0) is 12.3. The summed E-state index contributed by atoms with van der Waals surface area (Å²) in [5.41, 5.74) is 8.68. The zero-order valence-corrected chi connectivity index (χ0v) is 10.5. The maximum absolute atomic E-state index is 5.70. The molecular formula is C14H19N3. The molecule has 2 N–H and O–H groups in total. The van der Waals surface area contributed by atoms with E-state index in [9.17, 15) is 0 Å². The summed E-state index contributed by atoms with van der Waals surface area (Å²) in [5, 5.41) is 0. The molecule has 0 aliphatic rings. The van der Waals surface area contributed by atoms with E-state index in [2.05, 4.69) is 22.7 Å². The minimum absolute atomic E-state index is 0.789.